The lowest BCUT2D eigenvalue weighted by atomic mass is 10.2. The number of H-pyrrole nitrogens is 1. The minimum Gasteiger partial charge on any atom is -0.335 e. The van der Waals surface area contributed by atoms with Gasteiger partial charge in [-0.15, -0.1) is 0 Å². The molecule has 0 radical (unpaired) electrons. The number of hydrogen-bond donors (Lipinski definition) is 1. The van der Waals surface area contributed by atoms with Gasteiger partial charge in [0.1, 0.15) is 0 Å². The van der Waals surface area contributed by atoms with Gasteiger partial charge in [-0.05, 0) is 49.8 Å². The Balaban J connectivity index is 2.59. The first kappa shape index (κ1) is 10.6. The highest BCUT2D eigenvalue weighted by molar-refractivity contribution is 9.10. The predicted octanol–water partition coefficient (Wildman–Crippen LogP) is 3.91. The number of rotatable bonds is 1. The summed E-state index contributed by atoms with van der Waals surface area (Å²) in [5.74, 6) is 0. The quantitative estimate of drug-likeness (QED) is 0.787. The zero-order valence-corrected chi connectivity index (χ0v) is 10.9. The van der Waals surface area contributed by atoms with Gasteiger partial charge in [0, 0.05) is 22.1 Å². The Labute approximate surface area is 102 Å². The fraction of sp³-hybridized carbons (Fsp3) is 0.182. The summed E-state index contributed by atoms with van der Waals surface area (Å²) >= 11 is 8.71. The van der Waals surface area contributed by atoms with Crippen LogP contribution in [-0.4, -0.2) is 9.55 Å². The number of halogens is 1. The summed E-state index contributed by atoms with van der Waals surface area (Å²) in [5.41, 5.74) is 3.36. The molecule has 0 amide bonds. The first-order valence-corrected chi connectivity index (χ1v) is 5.83. The zero-order valence-electron chi connectivity index (χ0n) is 8.54. The van der Waals surface area contributed by atoms with E-state index < -0.39 is 0 Å². The van der Waals surface area contributed by atoms with Crippen LogP contribution in [0.5, 0.6) is 0 Å². The molecule has 0 saturated carbocycles. The molecular formula is C11H11BrN2S. The van der Waals surface area contributed by atoms with Crippen molar-refractivity contribution in [3.05, 3.63) is 44.9 Å². The topological polar surface area (TPSA) is 20.7 Å². The van der Waals surface area contributed by atoms with Crippen LogP contribution in [-0.2, 0) is 0 Å². The third kappa shape index (κ3) is 2.06. The monoisotopic (exact) mass is 282 g/mol. The van der Waals surface area contributed by atoms with Gasteiger partial charge in [0.2, 0.25) is 0 Å². The van der Waals surface area contributed by atoms with E-state index in [-0.39, 0.29) is 0 Å². The molecule has 0 atom stereocenters. The van der Waals surface area contributed by atoms with E-state index in [4.69, 9.17) is 12.2 Å². The summed E-state index contributed by atoms with van der Waals surface area (Å²) in [5, 5.41) is 0. The Hall–Kier alpha value is -0.870. The summed E-state index contributed by atoms with van der Waals surface area (Å²) < 4.78 is 3.82. The Morgan fingerprint density at radius 2 is 2.07 bits per heavy atom. The summed E-state index contributed by atoms with van der Waals surface area (Å²) in [6, 6.07) is 6.18. The SMILES string of the molecule is Cc1cn(-c2ccc(Br)c(C)c2)c(=S)[nH]1. The second-order valence-corrected chi connectivity index (χ2v) is 4.79. The third-order valence-electron chi connectivity index (χ3n) is 2.27. The average Bonchev–Trinajstić information content (AvgIpc) is 2.50. The van der Waals surface area contributed by atoms with E-state index in [1.54, 1.807) is 0 Å². The molecule has 4 heteroatoms. The van der Waals surface area contributed by atoms with Gasteiger partial charge in [0.25, 0.3) is 0 Å². The lowest BCUT2D eigenvalue weighted by molar-refractivity contribution is 1.03. The fourth-order valence-electron chi connectivity index (χ4n) is 1.48. The van der Waals surface area contributed by atoms with E-state index in [2.05, 4.69) is 33.9 Å². The first-order valence-electron chi connectivity index (χ1n) is 4.63. The van der Waals surface area contributed by atoms with Gasteiger partial charge in [0.05, 0.1) is 0 Å². The van der Waals surface area contributed by atoms with Crippen LogP contribution >= 0.6 is 28.1 Å². The second-order valence-electron chi connectivity index (χ2n) is 3.55. The van der Waals surface area contributed by atoms with Crippen molar-refractivity contribution in [1.82, 2.24) is 9.55 Å². The third-order valence-corrected chi connectivity index (χ3v) is 3.45. The number of benzene rings is 1. The number of nitrogens with one attached hydrogen (secondary N) is 1. The van der Waals surface area contributed by atoms with Gasteiger partial charge in [-0.1, -0.05) is 15.9 Å². The molecule has 0 aliphatic rings. The summed E-state index contributed by atoms with van der Waals surface area (Å²) in [7, 11) is 0. The first-order chi connectivity index (χ1) is 7.08. The predicted molar refractivity (Wildman–Crippen MR) is 68.1 cm³/mol. The minimum atomic E-state index is 0.731. The number of aromatic amines is 1. The molecule has 0 bridgehead atoms. The van der Waals surface area contributed by atoms with E-state index >= 15 is 0 Å². The van der Waals surface area contributed by atoms with Gasteiger partial charge >= 0.3 is 0 Å². The van der Waals surface area contributed by atoms with E-state index in [9.17, 15) is 0 Å². The highest BCUT2D eigenvalue weighted by atomic mass is 79.9. The van der Waals surface area contributed by atoms with Gasteiger partial charge in [-0.25, -0.2) is 0 Å². The van der Waals surface area contributed by atoms with Crippen molar-refractivity contribution >= 4 is 28.1 Å². The van der Waals surface area contributed by atoms with Crippen LogP contribution in [0.15, 0.2) is 28.9 Å². The summed E-state index contributed by atoms with van der Waals surface area (Å²) in [6.07, 6.45) is 2.00. The van der Waals surface area contributed by atoms with Crippen LogP contribution in [0.2, 0.25) is 0 Å². The van der Waals surface area contributed by atoms with Gasteiger partial charge < -0.3 is 4.98 Å². The van der Waals surface area contributed by atoms with Crippen LogP contribution in [0.25, 0.3) is 5.69 Å². The van der Waals surface area contributed by atoms with Crippen molar-refractivity contribution in [3.8, 4) is 5.69 Å². The Morgan fingerprint density at radius 3 is 2.60 bits per heavy atom. The van der Waals surface area contributed by atoms with Crippen molar-refractivity contribution in [2.45, 2.75) is 13.8 Å². The molecule has 1 aromatic carbocycles. The molecule has 0 unspecified atom stereocenters. The zero-order chi connectivity index (χ0) is 11.0. The molecule has 1 N–H and O–H groups in total. The van der Waals surface area contributed by atoms with Gasteiger partial charge in [0.15, 0.2) is 4.77 Å². The van der Waals surface area contributed by atoms with E-state index in [1.807, 2.05) is 29.8 Å². The smallest absolute Gasteiger partial charge is 0.181 e. The maximum absolute atomic E-state index is 5.23. The van der Waals surface area contributed by atoms with Gasteiger partial charge in [-0.2, -0.15) is 0 Å². The number of aromatic nitrogens is 2. The number of hydrogen-bond acceptors (Lipinski definition) is 1. The maximum Gasteiger partial charge on any atom is 0.181 e. The molecule has 0 saturated heterocycles. The molecule has 15 heavy (non-hydrogen) atoms. The molecule has 0 spiro atoms. The molecule has 1 heterocycles. The van der Waals surface area contributed by atoms with E-state index in [1.165, 1.54) is 5.56 Å². The Morgan fingerprint density at radius 1 is 1.33 bits per heavy atom. The molecule has 0 aliphatic carbocycles. The van der Waals surface area contributed by atoms with Gasteiger partial charge in [-0.3, -0.25) is 4.57 Å². The Bertz CT molecular complexity index is 554. The highest BCUT2D eigenvalue weighted by Crippen LogP contribution is 2.20. The highest BCUT2D eigenvalue weighted by Gasteiger charge is 2.01. The van der Waals surface area contributed by atoms with Crippen molar-refractivity contribution in [3.63, 3.8) is 0 Å². The molecular weight excluding hydrogens is 272 g/mol. The van der Waals surface area contributed by atoms with Crippen LogP contribution in [0, 0.1) is 18.6 Å². The fourth-order valence-corrected chi connectivity index (χ4v) is 2.05. The van der Waals surface area contributed by atoms with Crippen molar-refractivity contribution < 1.29 is 0 Å². The number of aryl methyl sites for hydroxylation is 2. The van der Waals surface area contributed by atoms with Crippen molar-refractivity contribution in [1.29, 1.82) is 0 Å². The minimum absolute atomic E-state index is 0.731. The molecule has 2 rings (SSSR count). The van der Waals surface area contributed by atoms with Crippen LogP contribution in [0.1, 0.15) is 11.3 Å². The van der Waals surface area contributed by atoms with Crippen LogP contribution < -0.4 is 0 Å². The normalized spacial score (nSPS) is 10.6. The van der Waals surface area contributed by atoms with Crippen LogP contribution in [0.3, 0.4) is 0 Å². The summed E-state index contributed by atoms with van der Waals surface area (Å²) in [6.45, 7) is 4.06. The van der Waals surface area contributed by atoms with Crippen molar-refractivity contribution in [2.75, 3.05) is 0 Å². The molecule has 2 aromatic rings. The molecule has 2 nitrogen and oxygen atoms in total. The number of imidazole rings is 1. The van der Waals surface area contributed by atoms with Crippen molar-refractivity contribution in [2.24, 2.45) is 0 Å². The molecule has 78 valence electrons. The molecule has 0 aliphatic heterocycles. The summed E-state index contributed by atoms with van der Waals surface area (Å²) in [4.78, 5) is 3.11. The molecule has 0 fully saturated rings. The maximum atomic E-state index is 5.23. The average molecular weight is 283 g/mol. The molecule has 1 aromatic heterocycles. The number of nitrogens with zero attached hydrogens (tertiary/aromatic N) is 1. The second kappa shape index (κ2) is 3.94. The van der Waals surface area contributed by atoms with E-state index in [0.29, 0.717) is 0 Å². The van der Waals surface area contributed by atoms with Crippen LogP contribution in [0.4, 0.5) is 0 Å². The Kier molecular flexibility index (Phi) is 2.80. The lowest BCUT2D eigenvalue weighted by Crippen LogP contribution is -1.92. The standard InChI is InChI=1S/C11H11BrN2S/c1-7-5-9(3-4-10(7)12)14-6-8(2)13-11(14)15/h3-6H,1-2H3,(H,13,15). The lowest BCUT2D eigenvalue weighted by Gasteiger charge is -2.04. The van der Waals surface area contributed by atoms with E-state index in [0.717, 1.165) is 20.6 Å². The largest absolute Gasteiger partial charge is 0.335 e.